The van der Waals surface area contributed by atoms with Crippen molar-refractivity contribution in [2.24, 2.45) is 0 Å². The van der Waals surface area contributed by atoms with Gasteiger partial charge in [0.05, 0.1) is 27.1 Å². The van der Waals surface area contributed by atoms with Gasteiger partial charge >= 0.3 is 5.97 Å². The smallest absolute Gasteiger partial charge is 0.306 e. The minimum absolute atomic E-state index is 0.139. The van der Waals surface area contributed by atoms with Crippen molar-refractivity contribution in [3.8, 4) is 5.75 Å². The van der Waals surface area contributed by atoms with Gasteiger partial charge < -0.3 is 14.0 Å². The van der Waals surface area contributed by atoms with E-state index >= 15 is 0 Å². The van der Waals surface area contributed by atoms with Gasteiger partial charge in [-0.2, -0.15) is 0 Å². The molecule has 0 saturated carbocycles. The predicted molar refractivity (Wildman–Crippen MR) is 141 cm³/mol. The first-order chi connectivity index (χ1) is 16.5. The maximum Gasteiger partial charge on any atom is 0.306 e. The van der Waals surface area contributed by atoms with E-state index in [2.05, 4.69) is 57.4 Å². The molecule has 0 bridgehead atoms. The van der Waals surface area contributed by atoms with Gasteiger partial charge in [-0.15, -0.1) is 0 Å². The van der Waals surface area contributed by atoms with Crippen molar-refractivity contribution in [2.45, 2.75) is 77.7 Å². The molecule has 2 aromatic carbocycles. The second kappa shape index (κ2) is 16.3. The predicted octanol–water partition coefficient (Wildman–Crippen LogP) is 6.96. The summed E-state index contributed by atoms with van der Waals surface area (Å²) in [6, 6.07) is 18.7. The molecule has 0 saturated heterocycles. The Morgan fingerprint density at radius 1 is 0.794 bits per heavy atom. The molecule has 0 radical (unpaired) electrons. The fourth-order valence-corrected chi connectivity index (χ4v) is 4.31. The van der Waals surface area contributed by atoms with E-state index in [1.165, 1.54) is 56.1 Å². The first kappa shape index (κ1) is 27.9. The van der Waals surface area contributed by atoms with E-state index in [-0.39, 0.29) is 5.97 Å². The minimum Gasteiger partial charge on any atom is -0.490 e. The number of ether oxygens (including phenoxy) is 2. The summed E-state index contributed by atoms with van der Waals surface area (Å²) in [5, 5.41) is 0. The molecule has 0 aliphatic heterocycles. The van der Waals surface area contributed by atoms with Crippen LogP contribution in [0.3, 0.4) is 0 Å². The van der Waals surface area contributed by atoms with E-state index in [9.17, 15) is 4.79 Å². The van der Waals surface area contributed by atoms with Crippen molar-refractivity contribution in [3.05, 3.63) is 65.7 Å². The molecule has 0 unspecified atom stereocenters. The number of aryl methyl sites for hydroxylation is 1. The molecule has 4 nitrogen and oxygen atoms in total. The number of rotatable bonds is 18. The number of para-hydroxylation sites is 1. The lowest BCUT2D eigenvalue weighted by Gasteiger charge is -2.29. The maximum absolute atomic E-state index is 12.1. The Balaban J connectivity index is 1.59. The van der Waals surface area contributed by atoms with Gasteiger partial charge in [0.1, 0.15) is 25.5 Å². The topological polar surface area (TPSA) is 35.5 Å². The molecule has 2 rings (SSSR count). The third kappa shape index (κ3) is 12.2. The highest BCUT2D eigenvalue weighted by Crippen LogP contribution is 2.21. The van der Waals surface area contributed by atoms with E-state index in [1.54, 1.807) is 0 Å². The molecule has 4 heteroatoms. The number of benzene rings is 2. The van der Waals surface area contributed by atoms with Crippen LogP contribution in [0.1, 0.15) is 75.8 Å². The summed E-state index contributed by atoms with van der Waals surface area (Å²) >= 11 is 0. The number of esters is 1. The van der Waals surface area contributed by atoms with E-state index in [1.807, 2.05) is 18.2 Å². The molecule has 0 fully saturated rings. The number of hydrogen-bond donors (Lipinski definition) is 0. The van der Waals surface area contributed by atoms with Crippen molar-refractivity contribution in [1.29, 1.82) is 0 Å². The van der Waals surface area contributed by atoms with Gasteiger partial charge in [-0.3, -0.25) is 4.79 Å². The van der Waals surface area contributed by atoms with E-state index < -0.39 is 0 Å². The molecule has 0 aliphatic carbocycles. The third-order valence-electron chi connectivity index (χ3n) is 6.22. The van der Waals surface area contributed by atoms with Crippen LogP contribution in [0.25, 0.3) is 0 Å². The highest BCUT2D eigenvalue weighted by Gasteiger charge is 2.16. The summed E-state index contributed by atoms with van der Waals surface area (Å²) in [5.41, 5.74) is 2.57. The fourth-order valence-electron chi connectivity index (χ4n) is 4.31. The van der Waals surface area contributed by atoms with Crippen molar-refractivity contribution in [3.63, 3.8) is 0 Å². The Labute approximate surface area is 207 Å². The molecule has 0 spiro atoms. The number of carbonyl (C=O) groups excluding carboxylic acids is 1. The molecular weight excluding hydrogens is 422 g/mol. The largest absolute Gasteiger partial charge is 0.490 e. The summed E-state index contributed by atoms with van der Waals surface area (Å²) in [7, 11) is 4.41. The van der Waals surface area contributed by atoms with Gasteiger partial charge in [0.15, 0.2) is 0 Å². The monoisotopic (exact) mass is 468 g/mol. The Bertz CT molecular complexity index is 804. The number of carbonyl (C=O) groups is 1. The van der Waals surface area contributed by atoms with Crippen molar-refractivity contribution in [1.82, 2.24) is 0 Å². The molecule has 34 heavy (non-hydrogen) atoms. The Hall–Kier alpha value is -2.33. The van der Waals surface area contributed by atoms with Gasteiger partial charge in [0.25, 0.3) is 0 Å². The summed E-state index contributed by atoms with van der Waals surface area (Å²) in [6.45, 7) is 4.85. The molecule has 0 amide bonds. The normalized spacial score (nSPS) is 11.4. The average molecular weight is 469 g/mol. The van der Waals surface area contributed by atoms with E-state index in [0.29, 0.717) is 19.6 Å². The highest BCUT2D eigenvalue weighted by molar-refractivity contribution is 5.69. The van der Waals surface area contributed by atoms with Crippen LogP contribution in [-0.2, 0) is 22.5 Å². The summed E-state index contributed by atoms with van der Waals surface area (Å²) in [5.74, 6) is 0.782. The third-order valence-corrected chi connectivity index (χ3v) is 6.22. The second-order valence-corrected chi connectivity index (χ2v) is 9.95. The summed E-state index contributed by atoms with van der Waals surface area (Å²) < 4.78 is 12.2. The van der Waals surface area contributed by atoms with Crippen molar-refractivity contribution < 1.29 is 18.8 Å². The van der Waals surface area contributed by atoms with Crippen LogP contribution in [0.4, 0.5) is 0 Å². The zero-order chi connectivity index (χ0) is 24.5. The van der Waals surface area contributed by atoms with Crippen LogP contribution < -0.4 is 4.74 Å². The first-order valence-electron chi connectivity index (χ1n) is 13.2. The molecule has 0 aromatic heterocycles. The quantitative estimate of drug-likeness (QED) is 0.135. The molecule has 188 valence electrons. The fraction of sp³-hybridized carbons (Fsp3) is 0.567. The second-order valence-electron chi connectivity index (χ2n) is 9.95. The highest BCUT2D eigenvalue weighted by atomic mass is 16.6. The maximum atomic E-state index is 12.1. The van der Waals surface area contributed by atoms with Gasteiger partial charge in [-0.25, -0.2) is 0 Å². The first-order valence-corrected chi connectivity index (χ1v) is 13.2. The standard InChI is InChI=1S/C30H46NO3/c1-4-5-6-7-8-9-13-19-28-20-14-15-21-29(28)33-24-25-34-30(32)22-16-23-31(2,3)26-27-17-11-10-12-18-27/h10-12,14-15,17-18,20-21H,4-9,13,16,19,22-26H2,1-3H3/q+1. The summed E-state index contributed by atoms with van der Waals surface area (Å²) in [4.78, 5) is 12.1. The molecule has 0 aliphatic rings. The van der Waals surface area contributed by atoms with E-state index in [0.717, 1.165) is 36.2 Å². The van der Waals surface area contributed by atoms with Crippen molar-refractivity contribution in [2.75, 3.05) is 33.9 Å². The Morgan fingerprint density at radius 2 is 1.47 bits per heavy atom. The Kier molecular flexibility index (Phi) is 13.4. The lowest BCUT2D eigenvalue weighted by Crippen LogP contribution is -2.39. The lowest BCUT2D eigenvalue weighted by atomic mass is 10.0. The zero-order valence-electron chi connectivity index (χ0n) is 21.8. The van der Waals surface area contributed by atoms with Crippen LogP contribution in [-0.4, -0.2) is 44.3 Å². The number of unbranched alkanes of at least 4 members (excludes halogenated alkanes) is 6. The molecular formula is C30H46NO3+. The lowest BCUT2D eigenvalue weighted by molar-refractivity contribution is -0.903. The Morgan fingerprint density at radius 3 is 2.24 bits per heavy atom. The number of hydrogen-bond acceptors (Lipinski definition) is 3. The van der Waals surface area contributed by atoms with Crippen LogP contribution in [0.5, 0.6) is 5.75 Å². The van der Waals surface area contributed by atoms with Gasteiger partial charge in [0, 0.05) is 12.0 Å². The van der Waals surface area contributed by atoms with Crippen LogP contribution >= 0.6 is 0 Å². The van der Waals surface area contributed by atoms with Gasteiger partial charge in [-0.05, 0) is 24.5 Å². The van der Waals surface area contributed by atoms with Crippen molar-refractivity contribution >= 4 is 5.97 Å². The minimum atomic E-state index is -0.139. The van der Waals surface area contributed by atoms with Gasteiger partial charge in [-0.1, -0.05) is 94.0 Å². The molecule has 0 N–H and O–H groups in total. The zero-order valence-corrected chi connectivity index (χ0v) is 21.8. The molecule has 0 heterocycles. The molecule has 2 aromatic rings. The van der Waals surface area contributed by atoms with Crippen LogP contribution in [0.2, 0.25) is 0 Å². The van der Waals surface area contributed by atoms with E-state index in [4.69, 9.17) is 9.47 Å². The number of nitrogens with zero attached hydrogens (tertiary/aromatic N) is 1. The van der Waals surface area contributed by atoms with Gasteiger partial charge in [0.2, 0.25) is 0 Å². The average Bonchev–Trinajstić information content (AvgIpc) is 2.82. The van der Waals surface area contributed by atoms with Crippen LogP contribution in [0.15, 0.2) is 54.6 Å². The number of quaternary nitrogens is 1. The SMILES string of the molecule is CCCCCCCCCc1ccccc1OCCOC(=O)CCC[N+](C)(C)Cc1ccccc1. The van der Waals surface area contributed by atoms with Crippen LogP contribution in [0, 0.1) is 0 Å². The summed E-state index contributed by atoms with van der Waals surface area (Å²) in [6.07, 6.45) is 11.5. The molecule has 0 atom stereocenters.